The van der Waals surface area contributed by atoms with Crippen molar-refractivity contribution in [1.82, 2.24) is 5.32 Å². The highest BCUT2D eigenvalue weighted by Crippen LogP contribution is 2.24. The summed E-state index contributed by atoms with van der Waals surface area (Å²) < 4.78 is 13.4. The van der Waals surface area contributed by atoms with E-state index in [1.807, 2.05) is 13.8 Å². The standard InChI is InChI=1S/C9H18FN/c1-7(2)9(10)8-3-5-11-6-4-8/h7-9,11H,3-6H2,1-2H3/t9-/m0/s1. The predicted molar refractivity (Wildman–Crippen MR) is 45.3 cm³/mol. The van der Waals surface area contributed by atoms with Gasteiger partial charge in [0.1, 0.15) is 6.17 Å². The van der Waals surface area contributed by atoms with Gasteiger partial charge in [-0.3, -0.25) is 0 Å². The Labute approximate surface area is 68.4 Å². The molecule has 2 heteroatoms. The van der Waals surface area contributed by atoms with Gasteiger partial charge >= 0.3 is 0 Å². The van der Waals surface area contributed by atoms with E-state index in [9.17, 15) is 4.39 Å². The number of rotatable bonds is 2. The highest BCUT2D eigenvalue weighted by atomic mass is 19.1. The molecule has 1 aliphatic rings. The van der Waals surface area contributed by atoms with Crippen molar-refractivity contribution < 1.29 is 4.39 Å². The van der Waals surface area contributed by atoms with Crippen LogP contribution >= 0.6 is 0 Å². The number of piperidine rings is 1. The van der Waals surface area contributed by atoms with Gasteiger partial charge in [-0.15, -0.1) is 0 Å². The van der Waals surface area contributed by atoms with Gasteiger partial charge in [0, 0.05) is 0 Å². The molecule has 1 aliphatic heterocycles. The molecule has 1 nitrogen and oxygen atoms in total. The third kappa shape index (κ3) is 2.44. The predicted octanol–water partition coefficient (Wildman–Crippen LogP) is 1.98. The zero-order valence-electron chi connectivity index (χ0n) is 7.44. The quantitative estimate of drug-likeness (QED) is 0.649. The second-order valence-corrected chi connectivity index (χ2v) is 3.78. The summed E-state index contributed by atoms with van der Waals surface area (Å²) in [5, 5.41) is 3.24. The van der Waals surface area contributed by atoms with E-state index in [1.165, 1.54) is 0 Å². The molecule has 0 bridgehead atoms. The van der Waals surface area contributed by atoms with Gasteiger partial charge in [0.25, 0.3) is 0 Å². The van der Waals surface area contributed by atoms with Crippen LogP contribution in [0.3, 0.4) is 0 Å². The van der Waals surface area contributed by atoms with Crippen LogP contribution in [0.1, 0.15) is 26.7 Å². The molecule has 1 N–H and O–H groups in total. The van der Waals surface area contributed by atoms with Crippen LogP contribution in [-0.4, -0.2) is 19.3 Å². The fraction of sp³-hybridized carbons (Fsp3) is 1.00. The Bertz CT molecular complexity index is 108. The van der Waals surface area contributed by atoms with E-state index in [2.05, 4.69) is 5.32 Å². The second-order valence-electron chi connectivity index (χ2n) is 3.78. The van der Waals surface area contributed by atoms with E-state index in [0.717, 1.165) is 25.9 Å². The Balaban J connectivity index is 2.32. The van der Waals surface area contributed by atoms with Crippen molar-refractivity contribution >= 4 is 0 Å². The lowest BCUT2D eigenvalue weighted by atomic mass is 9.87. The first-order valence-electron chi connectivity index (χ1n) is 4.56. The summed E-state index contributed by atoms with van der Waals surface area (Å²) in [4.78, 5) is 0. The van der Waals surface area contributed by atoms with Crippen molar-refractivity contribution in [2.75, 3.05) is 13.1 Å². The third-order valence-electron chi connectivity index (χ3n) is 2.47. The highest BCUT2D eigenvalue weighted by molar-refractivity contribution is 4.77. The van der Waals surface area contributed by atoms with E-state index in [-0.39, 0.29) is 5.92 Å². The maximum Gasteiger partial charge on any atom is 0.105 e. The molecule has 0 radical (unpaired) electrons. The summed E-state index contributed by atoms with van der Waals surface area (Å²) in [6.07, 6.45) is 1.44. The molecule has 1 fully saturated rings. The van der Waals surface area contributed by atoms with Crippen LogP contribution in [0.4, 0.5) is 4.39 Å². The first-order chi connectivity index (χ1) is 5.22. The molecule has 0 amide bonds. The lowest BCUT2D eigenvalue weighted by Gasteiger charge is -2.27. The summed E-state index contributed by atoms with van der Waals surface area (Å²) in [5.74, 6) is 0.509. The molecule has 0 aliphatic carbocycles. The molecule has 0 spiro atoms. The Morgan fingerprint density at radius 3 is 2.27 bits per heavy atom. The maximum atomic E-state index is 13.4. The summed E-state index contributed by atoms with van der Waals surface area (Å²) in [7, 11) is 0. The van der Waals surface area contributed by atoms with Gasteiger partial charge in [0.15, 0.2) is 0 Å². The smallest absolute Gasteiger partial charge is 0.105 e. The first kappa shape index (κ1) is 8.98. The minimum atomic E-state index is -0.586. The largest absolute Gasteiger partial charge is 0.317 e. The van der Waals surface area contributed by atoms with E-state index in [1.54, 1.807) is 0 Å². The molecular formula is C9H18FN. The van der Waals surface area contributed by atoms with Crippen LogP contribution < -0.4 is 5.32 Å². The highest BCUT2D eigenvalue weighted by Gasteiger charge is 2.25. The van der Waals surface area contributed by atoms with Crippen LogP contribution in [0.5, 0.6) is 0 Å². The van der Waals surface area contributed by atoms with E-state index >= 15 is 0 Å². The van der Waals surface area contributed by atoms with Crippen molar-refractivity contribution in [2.24, 2.45) is 11.8 Å². The lowest BCUT2D eigenvalue weighted by molar-refractivity contribution is 0.140. The summed E-state index contributed by atoms with van der Waals surface area (Å²) in [6.45, 7) is 5.93. The number of alkyl halides is 1. The van der Waals surface area contributed by atoms with Crippen molar-refractivity contribution in [2.45, 2.75) is 32.9 Å². The van der Waals surface area contributed by atoms with Crippen LogP contribution in [0.25, 0.3) is 0 Å². The molecule has 0 unspecified atom stereocenters. The topological polar surface area (TPSA) is 12.0 Å². The fourth-order valence-corrected chi connectivity index (χ4v) is 1.71. The molecule has 66 valence electrons. The monoisotopic (exact) mass is 159 g/mol. The fourth-order valence-electron chi connectivity index (χ4n) is 1.71. The lowest BCUT2D eigenvalue weighted by Crippen LogP contribution is -2.34. The number of nitrogens with one attached hydrogen (secondary N) is 1. The molecule has 0 saturated carbocycles. The third-order valence-corrected chi connectivity index (χ3v) is 2.47. The van der Waals surface area contributed by atoms with Crippen molar-refractivity contribution in [3.8, 4) is 0 Å². The Morgan fingerprint density at radius 1 is 1.27 bits per heavy atom. The van der Waals surface area contributed by atoms with Crippen molar-refractivity contribution in [3.63, 3.8) is 0 Å². The molecule has 1 heterocycles. The Morgan fingerprint density at radius 2 is 1.82 bits per heavy atom. The Kier molecular flexibility index (Phi) is 3.31. The average molecular weight is 159 g/mol. The second kappa shape index (κ2) is 4.05. The van der Waals surface area contributed by atoms with Crippen LogP contribution in [0.2, 0.25) is 0 Å². The van der Waals surface area contributed by atoms with E-state index in [4.69, 9.17) is 0 Å². The average Bonchev–Trinajstić information content (AvgIpc) is 2.05. The number of halogens is 1. The molecule has 0 aromatic rings. The summed E-state index contributed by atoms with van der Waals surface area (Å²) in [6, 6.07) is 0. The number of hydrogen-bond acceptors (Lipinski definition) is 1. The molecule has 11 heavy (non-hydrogen) atoms. The molecule has 1 atom stereocenters. The van der Waals surface area contributed by atoms with Gasteiger partial charge in [0.05, 0.1) is 0 Å². The molecule has 0 aromatic heterocycles. The van der Waals surface area contributed by atoms with Gasteiger partial charge in [-0.25, -0.2) is 4.39 Å². The van der Waals surface area contributed by atoms with Crippen molar-refractivity contribution in [1.29, 1.82) is 0 Å². The van der Waals surface area contributed by atoms with Gasteiger partial charge < -0.3 is 5.32 Å². The molecule has 1 saturated heterocycles. The zero-order valence-corrected chi connectivity index (χ0v) is 7.44. The van der Waals surface area contributed by atoms with E-state index in [0.29, 0.717) is 5.92 Å². The first-order valence-corrected chi connectivity index (χ1v) is 4.56. The number of hydrogen-bond donors (Lipinski definition) is 1. The normalized spacial score (nSPS) is 24.0. The van der Waals surface area contributed by atoms with Gasteiger partial charge in [-0.05, 0) is 37.8 Å². The van der Waals surface area contributed by atoms with Crippen molar-refractivity contribution in [3.05, 3.63) is 0 Å². The van der Waals surface area contributed by atoms with Crippen LogP contribution in [0.15, 0.2) is 0 Å². The Hall–Kier alpha value is -0.110. The zero-order chi connectivity index (χ0) is 8.27. The molecule has 0 aromatic carbocycles. The maximum absolute atomic E-state index is 13.4. The van der Waals surface area contributed by atoms with Crippen LogP contribution in [0, 0.1) is 11.8 Å². The van der Waals surface area contributed by atoms with Gasteiger partial charge in [0.2, 0.25) is 0 Å². The van der Waals surface area contributed by atoms with Gasteiger partial charge in [-0.1, -0.05) is 13.8 Å². The summed E-state index contributed by atoms with van der Waals surface area (Å²) >= 11 is 0. The minimum absolute atomic E-state index is 0.193. The minimum Gasteiger partial charge on any atom is -0.317 e. The summed E-state index contributed by atoms with van der Waals surface area (Å²) in [5.41, 5.74) is 0. The SMILES string of the molecule is CC(C)[C@H](F)C1CCNCC1. The van der Waals surface area contributed by atoms with E-state index < -0.39 is 6.17 Å². The van der Waals surface area contributed by atoms with Gasteiger partial charge in [-0.2, -0.15) is 0 Å². The molecule has 1 rings (SSSR count). The van der Waals surface area contributed by atoms with Crippen LogP contribution in [-0.2, 0) is 0 Å². The molecular weight excluding hydrogens is 141 g/mol.